The van der Waals surface area contributed by atoms with Gasteiger partial charge in [-0.25, -0.2) is 13.6 Å². The standard InChI is InChI=1S/C9H11NO4S/c1-9(2)13-7-4-3-6(15(10,11)12)5-8(7)14-9/h3-5H,1-2H3,(H2,10,11,12). The van der Waals surface area contributed by atoms with Gasteiger partial charge < -0.3 is 9.47 Å². The van der Waals surface area contributed by atoms with Crippen molar-refractivity contribution in [2.24, 2.45) is 5.14 Å². The van der Waals surface area contributed by atoms with E-state index in [0.29, 0.717) is 11.5 Å². The molecule has 0 amide bonds. The smallest absolute Gasteiger partial charge is 0.246 e. The summed E-state index contributed by atoms with van der Waals surface area (Å²) in [5.41, 5.74) is 0. The molecule has 0 fully saturated rings. The topological polar surface area (TPSA) is 78.6 Å². The lowest BCUT2D eigenvalue weighted by Gasteiger charge is -2.16. The minimum atomic E-state index is -3.70. The first-order valence-corrected chi connectivity index (χ1v) is 5.87. The molecule has 0 radical (unpaired) electrons. The van der Waals surface area contributed by atoms with Gasteiger partial charge in [0.05, 0.1) is 4.90 Å². The quantitative estimate of drug-likeness (QED) is 0.774. The molecule has 1 heterocycles. The third-order valence-corrected chi connectivity index (χ3v) is 2.87. The summed E-state index contributed by atoms with van der Waals surface area (Å²) in [7, 11) is -3.70. The summed E-state index contributed by atoms with van der Waals surface area (Å²) in [5.74, 6) is 0.151. The molecule has 5 nitrogen and oxygen atoms in total. The molecule has 1 aromatic rings. The Kier molecular flexibility index (Phi) is 1.96. The number of rotatable bonds is 1. The van der Waals surface area contributed by atoms with Crippen LogP contribution in [-0.4, -0.2) is 14.2 Å². The normalized spacial score (nSPS) is 17.8. The number of hydrogen-bond donors (Lipinski definition) is 1. The van der Waals surface area contributed by atoms with Gasteiger partial charge in [0.25, 0.3) is 0 Å². The fourth-order valence-electron chi connectivity index (χ4n) is 1.38. The van der Waals surface area contributed by atoms with E-state index in [9.17, 15) is 8.42 Å². The Bertz CT molecular complexity index is 507. The lowest BCUT2D eigenvalue weighted by atomic mass is 10.3. The minimum Gasteiger partial charge on any atom is -0.449 e. The molecule has 6 heteroatoms. The van der Waals surface area contributed by atoms with Crippen molar-refractivity contribution in [2.75, 3.05) is 0 Å². The first kappa shape index (κ1) is 10.3. The van der Waals surface area contributed by atoms with Gasteiger partial charge in [-0.15, -0.1) is 0 Å². The van der Waals surface area contributed by atoms with Gasteiger partial charge in [-0.3, -0.25) is 0 Å². The molecule has 0 atom stereocenters. The van der Waals surface area contributed by atoms with E-state index in [4.69, 9.17) is 14.6 Å². The van der Waals surface area contributed by atoms with E-state index in [-0.39, 0.29) is 4.90 Å². The average molecular weight is 229 g/mol. The third kappa shape index (κ3) is 1.91. The van der Waals surface area contributed by atoms with Crippen LogP contribution in [0.25, 0.3) is 0 Å². The molecule has 0 saturated carbocycles. The lowest BCUT2D eigenvalue weighted by Crippen LogP contribution is -2.29. The summed E-state index contributed by atoms with van der Waals surface area (Å²) in [4.78, 5) is 0.0163. The highest BCUT2D eigenvalue weighted by atomic mass is 32.2. The maximum Gasteiger partial charge on any atom is 0.246 e. The Morgan fingerprint density at radius 2 is 1.80 bits per heavy atom. The molecule has 1 aliphatic rings. The van der Waals surface area contributed by atoms with Gasteiger partial charge in [0.2, 0.25) is 15.8 Å². The Hall–Kier alpha value is -1.27. The van der Waals surface area contributed by atoms with Crippen molar-refractivity contribution in [1.82, 2.24) is 0 Å². The zero-order valence-corrected chi connectivity index (χ0v) is 9.17. The van der Waals surface area contributed by atoms with Crippen LogP contribution < -0.4 is 14.6 Å². The Labute approximate surface area is 87.8 Å². The van der Waals surface area contributed by atoms with E-state index in [0.717, 1.165) is 0 Å². The van der Waals surface area contributed by atoms with Crippen molar-refractivity contribution in [3.8, 4) is 11.5 Å². The molecule has 1 aliphatic heterocycles. The maximum atomic E-state index is 11.1. The van der Waals surface area contributed by atoms with Crippen LogP contribution in [0.1, 0.15) is 13.8 Å². The summed E-state index contributed by atoms with van der Waals surface area (Å²) in [6.45, 7) is 3.48. The zero-order chi connectivity index (χ0) is 11.3. The van der Waals surface area contributed by atoms with Gasteiger partial charge in [-0.2, -0.15) is 0 Å². The van der Waals surface area contributed by atoms with Crippen LogP contribution in [-0.2, 0) is 10.0 Å². The lowest BCUT2D eigenvalue weighted by molar-refractivity contribution is -0.0432. The van der Waals surface area contributed by atoms with Crippen molar-refractivity contribution in [3.05, 3.63) is 18.2 Å². The predicted octanol–water partition coefficient (Wildman–Crippen LogP) is 0.841. The van der Waals surface area contributed by atoms with E-state index in [1.54, 1.807) is 13.8 Å². The summed E-state index contributed by atoms with van der Waals surface area (Å²) in [5, 5.41) is 4.99. The molecule has 0 bridgehead atoms. The van der Waals surface area contributed by atoms with Crippen molar-refractivity contribution in [3.63, 3.8) is 0 Å². The minimum absolute atomic E-state index is 0.0163. The maximum absolute atomic E-state index is 11.1. The summed E-state index contributed by atoms with van der Waals surface area (Å²) in [6, 6.07) is 4.28. The zero-order valence-electron chi connectivity index (χ0n) is 8.35. The van der Waals surface area contributed by atoms with Crippen LogP contribution in [0.4, 0.5) is 0 Å². The molecule has 15 heavy (non-hydrogen) atoms. The van der Waals surface area contributed by atoms with Gasteiger partial charge in [0, 0.05) is 19.9 Å². The largest absolute Gasteiger partial charge is 0.449 e. The first-order chi connectivity index (χ1) is 6.78. The van der Waals surface area contributed by atoms with Crippen LogP contribution >= 0.6 is 0 Å². The van der Waals surface area contributed by atoms with Crippen molar-refractivity contribution in [1.29, 1.82) is 0 Å². The second-order valence-electron chi connectivity index (χ2n) is 3.76. The third-order valence-electron chi connectivity index (χ3n) is 1.96. The van der Waals surface area contributed by atoms with Crippen molar-refractivity contribution in [2.45, 2.75) is 24.5 Å². The average Bonchev–Trinajstić information content (AvgIpc) is 2.34. The second-order valence-corrected chi connectivity index (χ2v) is 5.32. The Morgan fingerprint density at radius 1 is 1.20 bits per heavy atom. The summed E-state index contributed by atoms with van der Waals surface area (Å²) >= 11 is 0. The monoisotopic (exact) mass is 229 g/mol. The summed E-state index contributed by atoms with van der Waals surface area (Å²) in [6.07, 6.45) is 0. The first-order valence-electron chi connectivity index (χ1n) is 4.33. The molecule has 1 aromatic carbocycles. The molecule has 2 N–H and O–H groups in total. The summed E-state index contributed by atoms with van der Waals surface area (Å²) < 4.78 is 32.9. The van der Waals surface area contributed by atoms with Gasteiger partial charge >= 0.3 is 0 Å². The Balaban J connectivity index is 2.48. The molecule has 0 saturated heterocycles. The van der Waals surface area contributed by atoms with Gasteiger partial charge in [0.15, 0.2) is 11.5 Å². The van der Waals surface area contributed by atoms with Gasteiger partial charge in [0.1, 0.15) is 0 Å². The molecule has 2 rings (SSSR count). The van der Waals surface area contributed by atoms with E-state index < -0.39 is 15.8 Å². The number of primary sulfonamides is 1. The molecule has 0 unspecified atom stereocenters. The fourth-order valence-corrected chi connectivity index (χ4v) is 1.91. The number of sulfonamides is 1. The SMILES string of the molecule is CC1(C)Oc2ccc(S(N)(=O)=O)cc2O1. The molecule has 0 aliphatic carbocycles. The number of hydrogen-bond acceptors (Lipinski definition) is 4. The molecule has 0 spiro atoms. The predicted molar refractivity (Wildman–Crippen MR) is 53.2 cm³/mol. The van der Waals surface area contributed by atoms with Crippen molar-refractivity contribution >= 4 is 10.0 Å². The van der Waals surface area contributed by atoms with E-state index in [1.807, 2.05) is 0 Å². The van der Waals surface area contributed by atoms with Gasteiger partial charge in [-0.05, 0) is 12.1 Å². The van der Waals surface area contributed by atoms with Crippen LogP contribution in [0, 0.1) is 0 Å². The molecular weight excluding hydrogens is 218 g/mol. The highest BCUT2D eigenvalue weighted by Crippen LogP contribution is 2.40. The van der Waals surface area contributed by atoms with Crippen LogP contribution in [0.15, 0.2) is 23.1 Å². The van der Waals surface area contributed by atoms with E-state index in [1.165, 1.54) is 18.2 Å². The van der Waals surface area contributed by atoms with Crippen LogP contribution in [0.2, 0.25) is 0 Å². The van der Waals surface area contributed by atoms with Crippen LogP contribution in [0.5, 0.6) is 11.5 Å². The molecule has 82 valence electrons. The molecule has 0 aromatic heterocycles. The number of nitrogens with two attached hydrogens (primary N) is 1. The van der Waals surface area contributed by atoms with E-state index >= 15 is 0 Å². The number of ether oxygens (including phenoxy) is 2. The molecular formula is C9H11NO4S. The van der Waals surface area contributed by atoms with E-state index in [2.05, 4.69) is 0 Å². The highest BCUT2D eigenvalue weighted by molar-refractivity contribution is 7.89. The van der Waals surface area contributed by atoms with Crippen LogP contribution in [0.3, 0.4) is 0 Å². The number of fused-ring (bicyclic) bond motifs is 1. The highest BCUT2D eigenvalue weighted by Gasteiger charge is 2.32. The number of benzene rings is 1. The fraction of sp³-hybridized carbons (Fsp3) is 0.333. The van der Waals surface area contributed by atoms with Gasteiger partial charge in [-0.1, -0.05) is 0 Å². The van der Waals surface area contributed by atoms with Crippen molar-refractivity contribution < 1.29 is 17.9 Å². The Morgan fingerprint density at radius 3 is 2.40 bits per heavy atom. The second kappa shape index (κ2) is 2.86.